The predicted molar refractivity (Wildman–Crippen MR) is 48.6 cm³/mol. The van der Waals surface area contributed by atoms with Crippen LogP contribution in [0.3, 0.4) is 0 Å². The maximum absolute atomic E-state index is 13.2. The lowest BCUT2D eigenvalue weighted by Gasteiger charge is -2.03. The first-order chi connectivity index (χ1) is 6.29. The Bertz CT molecular complexity index is 333. The number of halogens is 1. The van der Waals surface area contributed by atoms with E-state index in [9.17, 15) is 9.18 Å². The van der Waals surface area contributed by atoms with Gasteiger partial charge in [-0.3, -0.25) is 4.79 Å². The normalized spacial score (nSPS) is 22.2. The van der Waals surface area contributed by atoms with E-state index in [-0.39, 0.29) is 5.78 Å². The minimum atomic E-state index is -1.29. The second-order valence-electron chi connectivity index (χ2n) is 3.38. The maximum atomic E-state index is 13.2. The van der Waals surface area contributed by atoms with Crippen molar-refractivity contribution in [1.82, 2.24) is 0 Å². The van der Waals surface area contributed by atoms with Crippen molar-refractivity contribution in [3.8, 4) is 0 Å². The number of rotatable bonds is 0. The van der Waals surface area contributed by atoms with Gasteiger partial charge < -0.3 is 0 Å². The molecule has 68 valence electrons. The molecule has 0 radical (unpaired) electrons. The zero-order chi connectivity index (χ0) is 9.26. The molecule has 0 saturated heterocycles. The number of alkyl halides is 1. The van der Waals surface area contributed by atoms with Crippen LogP contribution in [0.4, 0.5) is 4.39 Å². The summed E-state index contributed by atoms with van der Waals surface area (Å²) in [7, 11) is 0. The van der Waals surface area contributed by atoms with Gasteiger partial charge in [0.2, 0.25) is 0 Å². The molecule has 0 bridgehead atoms. The first-order valence-corrected chi connectivity index (χ1v) is 4.55. The fourth-order valence-corrected chi connectivity index (χ4v) is 1.75. The topological polar surface area (TPSA) is 17.1 Å². The molecule has 1 atom stereocenters. The Morgan fingerprint density at radius 2 is 2.08 bits per heavy atom. The summed E-state index contributed by atoms with van der Waals surface area (Å²) >= 11 is 0. The minimum absolute atomic E-state index is 0.340. The van der Waals surface area contributed by atoms with E-state index < -0.39 is 6.17 Å². The molecular weight excluding hydrogens is 167 g/mol. The van der Waals surface area contributed by atoms with Crippen LogP contribution in [0.15, 0.2) is 24.3 Å². The highest BCUT2D eigenvalue weighted by molar-refractivity contribution is 6.00. The number of ketones is 1. The summed E-state index contributed by atoms with van der Waals surface area (Å²) in [6.07, 6.45) is 0.670. The first-order valence-electron chi connectivity index (χ1n) is 4.55. The fourth-order valence-electron chi connectivity index (χ4n) is 1.75. The van der Waals surface area contributed by atoms with Crippen LogP contribution < -0.4 is 0 Å². The molecule has 13 heavy (non-hydrogen) atoms. The molecule has 1 aliphatic carbocycles. The summed E-state index contributed by atoms with van der Waals surface area (Å²) < 4.78 is 13.2. The second kappa shape index (κ2) is 3.29. The monoisotopic (exact) mass is 178 g/mol. The van der Waals surface area contributed by atoms with Gasteiger partial charge in [0, 0.05) is 5.56 Å². The Morgan fingerprint density at radius 3 is 2.92 bits per heavy atom. The van der Waals surface area contributed by atoms with Crippen LogP contribution in [0.1, 0.15) is 28.8 Å². The Morgan fingerprint density at radius 1 is 1.31 bits per heavy atom. The Hall–Kier alpha value is -1.18. The van der Waals surface area contributed by atoms with Crippen LogP contribution in [0.2, 0.25) is 0 Å². The predicted octanol–water partition coefficient (Wildman–Crippen LogP) is 2.54. The molecule has 1 aliphatic rings. The number of benzene rings is 1. The molecule has 1 nitrogen and oxygen atoms in total. The van der Waals surface area contributed by atoms with Crippen molar-refractivity contribution >= 4 is 5.78 Å². The third-order valence-electron chi connectivity index (χ3n) is 2.47. The second-order valence-corrected chi connectivity index (χ2v) is 3.38. The number of Topliss-reactive ketones (excluding diaryl/α,β-unsaturated/α-hetero) is 1. The highest BCUT2D eigenvalue weighted by Crippen LogP contribution is 2.21. The van der Waals surface area contributed by atoms with E-state index in [1.165, 1.54) is 0 Å². The summed E-state index contributed by atoms with van der Waals surface area (Å²) in [5, 5.41) is 0. The number of fused-ring (bicyclic) bond motifs is 1. The van der Waals surface area contributed by atoms with E-state index in [1.54, 1.807) is 12.1 Å². The van der Waals surface area contributed by atoms with E-state index in [1.807, 2.05) is 12.1 Å². The van der Waals surface area contributed by atoms with Crippen molar-refractivity contribution in [2.45, 2.75) is 25.4 Å². The summed E-state index contributed by atoms with van der Waals surface area (Å²) in [4.78, 5) is 11.5. The zero-order valence-electron chi connectivity index (χ0n) is 7.29. The molecule has 2 heteroatoms. The molecule has 0 spiro atoms. The number of aryl methyl sites for hydroxylation is 1. The lowest BCUT2D eigenvalue weighted by Crippen LogP contribution is -2.14. The van der Waals surface area contributed by atoms with Crippen molar-refractivity contribution in [3.63, 3.8) is 0 Å². The largest absolute Gasteiger partial charge is 0.291 e. The molecule has 0 unspecified atom stereocenters. The van der Waals surface area contributed by atoms with Gasteiger partial charge in [0.25, 0.3) is 0 Å². The summed E-state index contributed by atoms with van der Waals surface area (Å²) in [5.41, 5.74) is 1.57. The Labute approximate surface area is 76.6 Å². The van der Waals surface area contributed by atoms with Crippen LogP contribution in [0.25, 0.3) is 0 Å². The summed E-state index contributed by atoms with van der Waals surface area (Å²) in [5.74, 6) is -0.340. The summed E-state index contributed by atoms with van der Waals surface area (Å²) in [6, 6.07) is 7.31. The third kappa shape index (κ3) is 1.48. The van der Waals surface area contributed by atoms with Gasteiger partial charge in [0.15, 0.2) is 12.0 Å². The smallest absolute Gasteiger partial charge is 0.197 e. The number of hydrogen-bond donors (Lipinski definition) is 0. The van der Waals surface area contributed by atoms with Crippen molar-refractivity contribution in [1.29, 1.82) is 0 Å². The van der Waals surface area contributed by atoms with E-state index in [0.717, 1.165) is 18.4 Å². The van der Waals surface area contributed by atoms with Crippen LogP contribution >= 0.6 is 0 Å². The van der Waals surface area contributed by atoms with E-state index in [0.29, 0.717) is 12.0 Å². The number of carbonyl (C=O) groups is 1. The molecule has 0 aromatic heterocycles. The van der Waals surface area contributed by atoms with Crippen molar-refractivity contribution in [2.24, 2.45) is 0 Å². The van der Waals surface area contributed by atoms with Gasteiger partial charge in [-0.25, -0.2) is 4.39 Å². The zero-order valence-corrected chi connectivity index (χ0v) is 7.29. The highest BCUT2D eigenvalue weighted by atomic mass is 19.1. The van der Waals surface area contributed by atoms with Gasteiger partial charge in [-0.15, -0.1) is 0 Å². The number of carbonyl (C=O) groups excluding carboxylic acids is 1. The van der Waals surface area contributed by atoms with Crippen molar-refractivity contribution in [2.75, 3.05) is 0 Å². The van der Waals surface area contributed by atoms with Crippen molar-refractivity contribution < 1.29 is 9.18 Å². The third-order valence-corrected chi connectivity index (χ3v) is 2.47. The molecule has 0 saturated carbocycles. The van der Waals surface area contributed by atoms with Gasteiger partial charge in [-0.1, -0.05) is 24.3 Å². The van der Waals surface area contributed by atoms with Gasteiger partial charge in [-0.2, -0.15) is 0 Å². The average Bonchev–Trinajstić information content (AvgIpc) is 2.29. The molecular formula is C11H11FO. The standard InChI is InChI=1S/C11H11FO/c12-10-7-3-5-8-4-1-2-6-9(8)11(10)13/h1-2,4,6,10H,3,5,7H2/t10-/m1/s1. The van der Waals surface area contributed by atoms with Crippen LogP contribution in [0, 0.1) is 0 Å². The van der Waals surface area contributed by atoms with E-state index in [2.05, 4.69) is 0 Å². The number of hydrogen-bond acceptors (Lipinski definition) is 1. The molecule has 1 aromatic carbocycles. The maximum Gasteiger partial charge on any atom is 0.197 e. The van der Waals surface area contributed by atoms with Gasteiger partial charge >= 0.3 is 0 Å². The molecule has 2 rings (SSSR count). The first kappa shape index (κ1) is 8.42. The molecule has 0 heterocycles. The Balaban J connectivity index is 2.46. The van der Waals surface area contributed by atoms with Crippen LogP contribution in [-0.4, -0.2) is 12.0 Å². The highest BCUT2D eigenvalue weighted by Gasteiger charge is 2.24. The molecule has 0 amide bonds. The van der Waals surface area contributed by atoms with Crippen molar-refractivity contribution in [3.05, 3.63) is 35.4 Å². The van der Waals surface area contributed by atoms with Crippen LogP contribution in [0.5, 0.6) is 0 Å². The van der Waals surface area contributed by atoms with Gasteiger partial charge in [0.05, 0.1) is 0 Å². The van der Waals surface area contributed by atoms with Crippen LogP contribution in [-0.2, 0) is 6.42 Å². The van der Waals surface area contributed by atoms with Gasteiger partial charge in [0.1, 0.15) is 0 Å². The quantitative estimate of drug-likeness (QED) is 0.558. The molecule has 0 N–H and O–H groups in total. The Kier molecular flexibility index (Phi) is 2.13. The minimum Gasteiger partial charge on any atom is -0.291 e. The molecule has 1 aromatic rings. The SMILES string of the molecule is O=C1c2ccccc2CCC[C@H]1F. The average molecular weight is 178 g/mol. The van der Waals surface area contributed by atoms with E-state index >= 15 is 0 Å². The molecule has 0 aliphatic heterocycles. The molecule has 0 fully saturated rings. The van der Waals surface area contributed by atoms with Gasteiger partial charge in [-0.05, 0) is 24.8 Å². The lowest BCUT2D eigenvalue weighted by molar-refractivity contribution is 0.0872. The van der Waals surface area contributed by atoms with E-state index in [4.69, 9.17) is 0 Å². The fraction of sp³-hybridized carbons (Fsp3) is 0.364. The lowest BCUT2D eigenvalue weighted by atomic mass is 10.0. The summed E-state index contributed by atoms with van der Waals surface area (Å²) in [6.45, 7) is 0.